The van der Waals surface area contributed by atoms with Gasteiger partial charge in [-0.05, 0) is 24.3 Å². The van der Waals surface area contributed by atoms with Gasteiger partial charge in [0, 0.05) is 23.9 Å². The van der Waals surface area contributed by atoms with E-state index in [0.29, 0.717) is 11.0 Å². The molecule has 3 aromatic rings. The number of rotatable bonds is 4. The molecule has 0 bridgehead atoms. The summed E-state index contributed by atoms with van der Waals surface area (Å²) in [5, 5.41) is 13.6. The molecule has 0 fully saturated rings. The smallest absolute Gasteiger partial charge is 0.271 e. The van der Waals surface area contributed by atoms with Crippen LogP contribution in [0.25, 0.3) is 17.0 Å². The summed E-state index contributed by atoms with van der Waals surface area (Å²) in [5.41, 5.74) is 0.603. The highest BCUT2D eigenvalue weighted by molar-refractivity contribution is 6.02. The average Bonchev–Trinajstić information content (AvgIpc) is 2.61. The number of carbonyl (C=O) groups is 1. The van der Waals surface area contributed by atoms with Crippen LogP contribution in [0.4, 0.5) is 11.4 Å². The summed E-state index contributed by atoms with van der Waals surface area (Å²) in [4.78, 5) is 34.4. The molecule has 0 radical (unpaired) electrons. The second-order valence-corrected chi connectivity index (χ2v) is 5.15. The molecule has 7 heteroatoms. The van der Waals surface area contributed by atoms with Gasteiger partial charge in [0.1, 0.15) is 11.8 Å². The van der Waals surface area contributed by atoms with Crippen molar-refractivity contribution in [2.24, 2.45) is 0 Å². The summed E-state index contributed by atoms with van der Waals surface area (Å²) < 4.78 is 5.36. The first-order chi connectivity index (χ1) is 12.0. The number of hydrogen-bond donors (Lipinski definition) is 1. The molecule has 2 aromatic carbocycles. The third-order valence-corrected chi connectivity index (χ3v) is 3.45. The van der Waals surface area contributed by atoms with Gasteiger partial charge in [0.2, 0.25) is 5.91 Å². The van der Waals surface area contributed by atoms with Crippen molar-refractivity contribution in [2.75, 3.05) is 5.32 Å². The molecule has 0 aliphatic heterocycles. The van der Waals surface area contributed by atoms with Crippen LogP contribution in [0.15, 0.2) is 70.1 Å². The SMILES string of the molecule is O=C(/C=C/c1coc2ccccc2c1=O)Nc1cccc([N+](=O)[O-])c1. The number of amides is 1. The highest BCUT2D eigenvalue weighted by atomic mass is 16.6. The Labute approximate surface area is 141 Å². The molecule has 1 N–H and O–H groups in total. The molecule has 124 valence electrons. The highest BCUT2D eigenvalue weighted by Gasteiger charge is 2.07. The second kappa shape index (κ2) is 6.79. The van der Waals surface area contributed by atoms with Gasteiger partial charge in [0.15, 0.2) is 5.43 Å². The molecule has 0 saturated carbocycles. The second-order valence-electron chi connectivity index (χ2n) is 5.15. The van der Waals surface area contributed by atoms with E-state index in [0.717, 1.165) is 0 Å². The van der Waals surface area contributed by atoms with Crippen LogP contribution in [0.2, 0.25) is 0 Å². The summed E-state index contributed by atoms with van der Waals surface area (Å²) in [6, 6.07) is 12.4. The van der Waals surface area contributed by atoms with E-state index in [2.05, 4.69) is 5.32 Å². The monoisotopic (exact) mass is 336 g/mol. The van der Waals surface area contributed by atoms with Crippen LogP contribution in [-0.2, 0) is 4.79 Å². The summed E-state index contributed by atoms with van der Waals surface area (Å²) in [7, 11) is 0. The molecule has 0 aliphatic carbocycles. The third kappa shape index (κ3) is 3.61. The van der Waals surface area contributed by atoms with Crippen LogP contribution in [0, 0.1) is 10.1 Å². The van der Waals surface area contributed by atoms with E-state index in [1.165, 1.54) is 42.7 Å². The van der Waals surface area contributed by atoms with Crippen LogP contribution in [-0.4, -0.2) is 10.8 Å². The number of carbonyl (C=O) groups excluding carboxylic acids is 1. The Morgan fingerprint density at radius 1 is 1.16 bits per heavy atom. The van der Waals surface area contributed by atoms with E-state index in [1.807, 2.05) is 0 Å². The van der Waals surface area contributed by atoms with Crippen LogP contribution in [0.5, 0.6) is 0 Å². The van der Waals surface area contributed by atoms with Gasteiger partial charge in [0.05, 0.1) is 15.9 Å². The van der Waals surface area contributed by atoms with Crippen LogP contribution < -0.4 is 10.7 Å². The molecule has 0 atom stereocenters. The summed E-state index contributed by atoms with van der Waals surface area (Å²) in [6.45, 7) is 0. The summed E-state index contributed by atoms with van der Waals surface area (Å²) in [6.07, 6.45) is 3.78. The van der Waals surface area contributed by atoms with Crippen molar-refractivity contribution in [3.63, 3.8) is 0 Å². The van der Waals surface area contributed by atoms with Gasteiger partial charge in [0.25, 0.3) is 5.69 Å². The topological polar surface area (TPSA) is 102 Å². The third-order valence-electron chi connectivity index (χ3n) is 3.45. The van der Waals surface area contributed by atoms with E-state index in [9.17, 15) is 19.7 Å². The first kappa shape index (κ1) is 16.1. The minimum atomic E-state index is -0.550. The lowest BCUT2D eigenvalue weighted by molar-refractivity contribution is -0.384. The average molecular weight is 336 g/mol. The quantitative estimate of drug-likeness (QED) is 0.447. The number of benzene rings is 2. The minimum Gasteiger partial charge on any atom is -0.463 e. The van der Waals surface area contributed by atoms with Gasteiger partial charge < -0.3 is 9.73 Å². The first-order valence-electron chi connectivity index (χ1n) is 7.28. The maximum absolute atomic E-state index is 12.3. The van der Waals surface area contributed by atoms with Crippen molar-refractivity contribution >= 4 is 34.3 Å². The number of nitrogens with zero attached hydrogens (tertiary/aromatic N) is 1. The number of hydrogen-bond acceptors (Lipinski definition) is 5. The van der Waals surface area contributed by atoms with Crippen LogP contribution in [0.3, 0.4) is 0 Å². The zero-order chi connectivity index (χ0) is 17.8. The number of nitro benzene ring substituents is 1. The maximum Gasteiger partial charge on any atom is 0.271 e. The molecular weight excluding hydrogens is 324 g/mol. The molecule has 1 heterocycles. The highest BCUT2D eigenvalue weighted by Crippen LogP contribution is 2.17. The van der Waals surface area contributed by atoms with Gasteiger partial charge >= 0.3 is 0 Å². The number of nitro groups is 1. The molecule has 3 rings (SSSR count). The molecule has 25 heavy (non-hydrogen) atoms. The van der Waals surface area contributed by atoms with Crippen molar-refractivity contribution in [3.8, 4) is 0 Å². The van der Waals surface area contributed by atoms with Gasteiger partial charge in [-0.3, -0.25) is 19.7 Å². The Hall–Kier alpha value is -3.74. The Bertz CT molecular complexity index is 1050. The number of non-ortho nitro benzene ring substituents is 1. The molecule has 0 saturated heterocycles. The van der Waals surface area contributed by atoms with Gasteiger partial charge in [-0.25, -0.2) is 0 Å². The van der Waals surface area contributed by atoms with E-state index >= 15 is 0 Å². The largest absolute Gasteiger partial charge is 0.463 e. The number of para-hydroxylation sites is 1. The standard InChI is InChI=1S/C18H12N2O5/c21-17(19-13-4-3-5-14(10-13)20(23)24)9-8-12-11-25-16-7-2-1-6-15(16)18(12)22/h1-11H,(H,19,21)/b9-8+. The van der Waals surface area contributed by atoms with Crippen LogP contribution >= 0.6 is 0 Å². The van der Waals surface area contributed by atoms with Crippen molar-refractivity contribution in [3.05, 3.63) is 86.8 Å². The predicted octanol–water partition coefficient (Wildman–Crippen LogP) is 3.35. The lowest BCUT2D eigenvalue weighted by atomic mass is 10.1. The zero-order valence-electron chi connectivity index (χ0n) is 12.8. The van der Waals surface area contributed by atoms with E-state index in [-0.39, 0.29) is 22.4 Å². The van der Waals surface area contributed by atoms with Gasteiger partial charge in [-0.2, -0.15) is 0 Å². The van der Waals surface area contributed by atoms with E-state index in [4.69, 9.17) is 4.42 Å². The van der Waals surface area contributed by atoms with Crippen molar-refractivity contribution in [2.45, 2.75) is 0 Å². The molecular formula is C18H12N2O5. The predicted molar refractivity (Wildman–Crippen MR) is 93.2 cm³/mol. The Morgan fingerprint density at radius 3 is 2.76 bits per heavy atom. The van der Waals surface area contributed by atoms with E-state index in [1.54, 1.807) is 24.3 Å². The fourth-order valence-electron chi connectivity index (χ4n) is 2.25. The molecule has 1 aromatic heterocycles. The fourth-order valence-corrected chi connectivity index (χ4v) is 2.25. The lowest BCUT2D eigenvalue weighted by Gasteiger charge is -2.01. The first-order valence-corrected chi connectivity index (χ1v) is 7.28. The van der Waals surface area contributed by atoms with E-state index < -0.39 is 10.8 Å². The number of anilines is 1. The Balaban J connectivity index is 1.79. The van der Waals surface area contributed by atoms with Crippen molar-refractivity contribution < 1.29 is 14.1 Å². The molecule has 7 nitrogen and oxygen atoms in total. The zero-order valence-corrected chi connectivity index (χ0v) is 12.8. The van der Waals surface area contributed by atoms with Crippen LogP contribution in [0.1, 0.15) is 5.56 Å². The Morgan fingerprint density at radius 2 is 1.96 bits per heavy atom. The maximum atomic E-state index is 12.3. The molecule has 1 amide bonds. The molecule has 0 aliphatic rings. The lowest BCUT2D eigenvalue weighted by Crippen LogP contribution is -2.09. The Kier molecular flexibility index (Phi) is 4.38. The normalized spacial score (nSPS) is 10.9. The summed E-state index contributed by atoms with van der Waals surface area (Å²) in [5.74, 6) is -0.520. The van der Waals surface area contributed by atoms with Crippen molar-refractivity contribution in [1.82, 2.24) is 0 Å². The molecule has 0 spiro atoms. The van der Waals surface area contributed by atoms with Gasteiger partial charge in [-0.15, -0.1) is 0 Å². The number of fused-ring (bicyclic) bond motifs is 1. The minimum absolute atomic E-state index is 0.128. The molecule has 0 unspecified atom stereocenters. The summed E-state index contributed by atoms with van der Waals surface area (Å²) >= 11 is 0. The van der Waals surface area contributed by atoms with Crippen molar-refractivity contribution in [1.29, 1.82) is 0 Å². The number of nitrogens with one attached hydrogen (secondary N) is 1. The van der Waals surface area contributed by atoms with Gasteiger partial charge in [-0.1, -0.05) is 18.2 Å². The fraction of sp³-hybridized carbons (Fsp3) is 0.